The minimum absolute atomic E-state index is 0.369. The van der Waals surface area contributed by atoms with Crippen LogP contribution in [0.1, 0.15) is 30.4 Å². The Morgan fingerprint density at radius 3 is 2.48 bits per heavy atom. The van der Waals surface area contributed by atoms with Crippen LogP contribution in [0.5, 0.6) is 5.75 Å². The largest absolute Gasteiger partial charge is 0.507 e. The van der Waals surface area contributed by atoms with Crippen LogP contribution < -0.4 is 0 Å². The molecule has 1 saturated carbocycles. The van der Waals surface area contributed by atoms with Crippen molar-refractivity contribution < 1.29 is 5.11 Å². The predicted octanol–water partition coefficient (Wildman–Crippen LogP) is 5.18. The van der Waals surface area contributed by atoms with Gasteiger partial charge in [0.15, 0.2) is 0 Å². The minimum atomic E-state index is 0.369. The molecule has 0 aromatic heterocycles. The van der Waals surface area contributed by atoms with Crippen molar-refractivity contribution in [3.05, 3.63) is 59.7 Å². The number of rotatable bonds is 2. The lowest BCUT2D eigenvalue weighted by atomic mass is 9.84. The first-order chi connectivity index (χ1) is 10.2. The number of aryl methyl sites for hydroxylation is 1. The van der Waals surface area contributed by atoms with Gasteiger partial charge in [-0.15, -0.1) is 0 Å². The molecule has 2 aliphatic carbocycles. The fourth-order valence-corrected chi connectivity index (χ4v) is 4.10. The van der Waals surface area contributed by atoms with Gasteiger partial charge in [0.25, 0.3) is 0 Å². The van der Waals surface area contributed by atoms with E-state index in [2.05, 4.69) is 31.2 Å². The van der Waals surface area contributed by atoms with Gasteiger partial charge < -0.3 is 5.11 Å². The van der Waals surface area contributed by atoms with Crippen LogP contribution >= 0.6 is 0 Å². The summed E-state index contributed by atoms with van der Waals surface area (Å²) in [6.07, 6.45) is 6.49. The average molecular weight is 276 g/mol. The van der Waals surface area contributed by atoms with Gasteiger partial charge in [-0.25, -0.2) is 0 Å². The third-order valence-corrected chi connectivity index (χ3v) is 5.08. The number of benzene rings is 2. The lowest BCUT2D eigenvalue weighted by Crippen LogP contribution is -2.01. The molecule has 0 radical (unpaired) electrons. The fraction of sp³-hybridized carbons (Fsp3) is 0.300. The molecule has 1 N–H and O–H groups in total. The maximum Gasteiger partial charge on any atom is 0.123 e. The minimum Gasteiger partial charge on any atom is -0.507 e. The zero-order valence-corrected chi connectivity index (χ0v) is 12.3. The van der Waals surface area contributed by atoms with Gasteiger partial charge in [-0.2, -0.15) is 0 Å². The van der Waals surface area contributed by atoms with E-state index in [0.717, 1.165) is 17.4 Å². The first-order valence-corrected chi connectivity index (χ1v) is 7.84. The third-order valence-electron chi connectivity index (χ3n) is 5.08. The summed E-state index contributed by atoms with van der Waals surface area (Å²) >= 11 is 0. The number of phenols is 1. The summed E-state index contributed by atoms with van der Waals surface area (Å²) in [7, 11) is 0. The highest BCUT2D eigenvalue weighted by atomic mass is 16.3. The highest BCUT2D eigenvalue weighted by Gasteiger charge is 2.34. The molecule has 2 aliphatic rings. The van der Waals surface area contributed by atoms with E-state index in [1.165, 1.54) is 41.5 Å². The molecule has 2 aromatic rings. The van der Waals surface area contributed by atoms with E-state index in [1.54, 1.807) is 6.07 Å². The molecular formula is C20H20O. The second kappa shape index (κ2) is 4.77. The monoisotopic (exact) mass is 276 g/mol. The van der Waals surface area contributed by atoms with Crippen molar-refractivity contribution in [2.75, 3.05) is 0 Å². The second-order valence-electron chi connectivity index (χ2n) is 6.41. The average Bonchev–Trinajstić information content (AvgIpc) is 3.10. The van der Waals surface area contributed by atoms with Gasteiger partial charge in [0.05, 0.1) is 0 Å². The lowest BCUT2D eigenvalue weighted by Gasteiger charge is -2.20. The summed E-state index contributed by atoms with van der Waals surface area (Å²) in [6.45, 7) is 2.19. The number of para-hydroxylation sites is 1. The van der Waals surface area contributed by atoms with Crippen LogP contribution in [0.25, 0.3) is 16.7 Å². The van der Waals surface area contributed by atoms with Crippen LogP contribution in [-0.2, 0) is 0 Å². The molecule has 0 amide bonds. The van der Waals surface area contributed by atoms with Crippen molar-refractivity contribution in [3.63, 3.8) is 0 Å². The third kappa shape index (κ3) is 1.99. The molecule has 2 aromatic carbocycles. The number of hydrogen-bond donors (Lipinski definition) is 1. The SMILES string of the molecule is Cc1cccc(-c2ccccc2O)c1C1=CC2CCC1C2. The number of allylic oxidation sites excluding steroid dienone is 2. The molecule has 0 heterocycles. The van der Waals surface area contributed by atoms with Gasteiger partial charge in [0.2, 0.25) is 0 Å². The normalized spacial score (nSPS) is 23.4. The van der Waals surface area contributed by atoms with E-state index >= 15 is 0 Å². The maximum atomic E-state index is 10.2. The summed E-state index contributed by atoms with van der Waals surface area (Å²) in [6, 6.07) is 14.1. The van der Waals surface area contributed by atoms with Gasteiger partial charge in [0.1, 0.15) is 5.75 Å². The quantitative estimate of drug-likeness (QED) is 0.801. The molecule has 1 heteroatoms. The summed E-state index contributed by atoms with van der Waals surface area (Å²) in [4.78, 5) is 0. The fourth-order valence-electron chi connectivity index (χ4n) is 4.10. The van der Waals surface area contributed by atoms with Gasteiger partial charge in [0, 0.05) is 5.56 Å². The highest BCUT2D eigenvalue weighted by molar-refractivity contribution is 5.87. The van der Waals surface area contributed by atoms with Crippen molar-refractivity contribution >= 4 is 5.57 Å². The van der Waals surface area contributed by atoms with E-state index in [4.69, 9.17) is 0 Å². The van der Waals surface area contributed by atoms with Crippen molar-refractivity contribution in [2.45, 2.75) is 26.2 Å². The Kier molecular flexibility index (Phi) is 2.88. The molecule has 2 atom stereocenters. The van der Waals surface area contributed by atoms with Crippen LogP contribution in [0.3, 0.4) is 0 Å². The van der Waals surface area contributed by atoms with Crippen LogP contribution in [-0.4, -0.2) is 5.11 Å². The van der Waals surface area contributed by atoms with E-state index in [0.29, 0.717) is 5.75 Å². The maximum absolute atomic E-state index is 10.2. The van der Waals surface area contributed by atoms with Gasteiger partial charge in [-0.05, 0) is 66.4 Å². The van der Waals surface area contributed by atoms with Crippen molar-refractivity contribution in [1.82, 2.24) is 0 Å². The first-order valence-electron chi connectivity index (χ1n) is 7.84. The Bertz CT molecular complexity index is 726. The number of hydrogen-bond acceptors (Lipinski definition) is 1. The molecule has 21 heavy (non-hydrogen) atoms. The first kappa shape index (κ1) is 12.7. The van der Waals surface area contributed by atoms with Gasteiger partial charge in [-0.1, -0.05) is 42.5 Å². The number of phenolic OH excluding ortho intramolecular Hbond substituents is 1. The van der Waals surface area contributed by atoms with Crippen LogP contribution in [0, 0.1) is 18.8 Å². The predicted molar refractivity (Wildman–Crippen MR) is 87.1 cm³/mol. The zero-order valence-electron chi connectivity index (χ0n) is 12.3. The Balaban J connectivity index is 1.92. The summed E-state index contributed by atoms with van der Waals surface area (Å²) in [5, 5.41) is 10.2. The molecule has 2 bridgehead atoms. The molecule has 0 saturated heterocycles. The summed E-state index contributed by atoms with van der Waals surface area (Å²) < 4.78 is 0. The van der Waals surface area contributed by atoms with E-state index in [9.17, 15) is 5.11 Å². The molecule has 4 rings (SSSR count). The molecular weight excluding hydrogens is 256 g/mol. The molecule has 0 aliphatic heterocycles. The smallest absolute Gasteiger partial charge is 0.123 e. The van der Waals surface area contributed by atoms with Crippen LogP contribution in [0.15, 0.2) is 48.5 Å². The highest BCUT2D eigenvalue weighted by Crippen LogP contribution is 2.50. The van der Waals surface area contributed by atoms with E-state index in [-0.39, 0.29) is 0 Å². The summed E-state index contributed by atoms with van der Waals surface area (Å²) in [5.74, 6) is 1.87. The second-order valence-corrected chi connectivity index (χ2v) is 6.41. The molecule has 106 valence electrons. The zero-order chi connectivity index (χ0) is 14.4. The van der Waals surface area contributed by atoms with Crippen molar-refractivity contribution in [1.29, 1.82) is 0 Å². The molecule has 1 nitrogen and oxygen atoms in total. The van der Waals surface area contributed by atoms with E-state index < -0.39 is 0 Å². The Morgan fingerprint density at radius 2 is 1.76 bits per heavy atom. The Morgan fingerprint density at radius 1 is 0.952 bits per heavy atom. The lowest BCUT2D eigenvalue weighted by molar-refractivity contribution is 0.477. The van der Waals surface area contributed by atoms with Gasteiger partial charge >= 0.3 is 0 Å². The Labute approximate surface area is 126 Å². The van der Waals surface area contributed by atoms with Crippen LogP contribution in [0.4, 0.5) is 0 Å². The summed E-state index contributed by atoms with van der Waals surface area (Å²) in [5.41, 5.74) is 6.30. The van der Waals surface area contributed by atoms with E-state index in [1.807, 2.05) is 18.2 Å². The topological polar surface area (TPSA) is 20.2 Å². The number of fused-ring (bicyclic) bond motifs is 2. The molecule has 0 spiro atoms. The molecule has 2 unspecified atom stereocenters. The standard InChI is InChI=1S/C20H20O/c1-13-5-4-7-17(16-6-2-3-8-19(16)21)20(13)18-12-14-9-10-15(18)11-14/h2-8,12,14-15,21H,9-11H2,1H3. The number of aromatic hydroxyl groups is 1. The molecule has 1 fully saturated rings. The van der Waals surface area contributed by atoms with Crippen molar-refractivity contribution in [2.24, 2.45) is 11.8 Å². The van der Waals surface area contributed by atoms with Crippen LogP contribution in [0.2, 0.25) is 0 Å². The van der Waals surface area contributed by atoms with Gasteiger partial charge in [-0.3, -0.25) is 0 Å². The Hall–Kier alpha value is -2.02. The van der Waals surface area contributed by atoms with Crippen molar-refractivity contribution in [3.8, 4) is 16.9 Å².